The first-order valence-electron chi connectivity index (χ1n) is 5.34. The van der Waals surface area contributed by atoms with Crippen LogP contribution in [0, 0.1) is 0 Å². The highest BCUT2D eigenvalue weighted by atomic mass is 35.5. The molecule has 3 nitrogen and oxygen atoms in total. The van der Waals surface area contributed by atoms with Crippen LogP contribution in [0.5, 0.6) is 0 Å². The molecule has 18 heavy (non-hydrogen) atoms. The first-order chi connectivity index (χ1) is 8.41. The number of rotatable bonds is 2. The van der Waals surface area contributed by atoms with Crippen molar-refractivity contribution >= 4 is 29.2 Å². The average molecular weight is 298 g/mol. The van der Waals surface area contributed by atoms with Gasteiger partial charge in [-0.15, -0.1) is 0 Å². The van der Waals surface area contributed by atoms with E-state index in [4.69, 9.17) is 11.6 Å². The topological polar surface area (TPSA) is 29.0 Å². The van der Waals surface area contributed by atoms with Crippen LogP contribution in [0.3, 0.4) is 0 Å². The predicted molar refractivity (Wildman–Crippen MR) is 65.2 cm³/mol. The van der Waals surface area contributed by atoms with Crippen molar-refractivity contribution in [3.63, 3.8) is 0 Å². The smallest absolute Gasteiger partial charge is 0.344 e. The minimum atomic E-state index is -4.24. The van der Waals surface area contributed by atoms with Crippen LogP contribution >= 0.6 is 23.4 Å². The van der Waals surface area contributed by atoms with E-state index in [9.17, 15) is 13.2 Å². The van der Waals surface area contributed by atoms with Gasteiger partial charge < -0.3 is 4.90 Å². The average Bonchev–Trinajstić information content (AvgIpc) is 2.76. The second kappa shape index (κ2) is 5.13. The highest BCUT2D eigenvalue weighted by Crippen LogP contribution is 2.36. The molecule has 0 aromatic carbocycles. The van der Waals surface area contributed by atoms with Crippen LogP contribution in [0.1, 0.15) is 12.8 Å². The van der Waals surface area contributed by atoms with Gasteiger partial charge in [-0.05, 0) is 19.1 Å². The van der Waals surface area contributed by atoms with E-state index in [-0.39, 0.29) is 17.4 Å². The Labute approximate surface area is 112 Å². The van der Waals surface area contributed by atoms with E-state index in [0.29, 0.717) is 18.1 Å². The van der Waals surface area contributed by atoms with Gasteiger partial charge in [-0.3, -0.25) is 0 Å². The number of anilines is 1. The SMILES string of the molecule is CSc1nc(Cl)cc(N2CCCC2C(F)(F)F)n1. The van der Waals surface area contributed by atoms with Gasteiger partial charge in [0, 0.05) is 12.6 Å². The monoisotopic (exact) mass is 297 g/mol. The molecule has 1 aliphatic rings. The molecule has 0 amide bonds. The summed E-state index contributed by atoms with van der Waals surface area (Å²) in [5.41, 5.74) is 0. The van der Waals surface area contributed by atoms with E-state index in [0.717, 1.165) is 0 Å². The summed E-state index contributed by atoms with van der Waals surface area (Å²) in [5, 5.41) is 0.544. The van der Waals surface area contributed by atoms with E-state index < -0.39 is 12.2 Å². The van der Waals surface area contributed by atoms with Crippen molar-refractivity contribution in [3.8, 4) is 0 Å². The van der Waals surface area contributed by atoms with Crippen molar-refractivity contribution in [2.45, 2.75) is 30.2 Å². The van der Waals surface area contributed by atoms with E-state index in [2.05, 4.69) is 9.97 Å². The highest BCUT2D eigenvalue weighted by molar-refractivity contribution is 7.98. The molecule has 1 atom stereocenters. The second-order valence-corrected chi connectivity index (χ2v) is 5.09. The van der Waals surface area contributed by atoms with Gasteiger partial charge in [0.2, 0.25) is 0 Å². The third-order valence-electron chi connectivity index (χ3n) is 2.77. The standard InChI is InChI=1S/C10H11ClF3N3S/c1-18-9-15-7(11)5-8(16-9)17-4-2-3-6(17)10(12,13)14/h5-6H,2-4H2,1H3. The number of hydrogen-bond acceptors (Lipinski definition) is 4. The number of thioether (sulfide) groups is 1. The number of aromatic nitrogens is 2. The van der Waals surface area contributed by atoms with E-state index >= 15 is 0 Å². The second-order valence-electron chi connectivity index (χ2n) is 3.93. The van der Waals surface area contributed by atoms with E-state index in [1.165, 1.54) is 22.7 Å². The van der Waals surface area contributed by atoms with Crippen LogP contribution < -0.4 is 4.90 Å². The number of hydrogen-bond donors (Lipinski definition) is 0. The summed E-state index contributed by atoms with van der Waals surface area (Å²) >= 11 is 7.05. The zero-order chi connectivity index (χ0) is 13.3. The largest absolute Gasteiger partial charge is 0.408 e. The van der Waals surface area contributed by atoms with Gasteiger partial charge in [0.15, 0.2) is 5.16 Å². The Morgan fingerprint density at radius 3 is 2.78 bits per heavy atom. The third kappa shape index (κ3) is 2.83. The van der Waals surface area contributed by atoms with E-state index in [1.54, 1.807) is 6.26 Å². The summed E-state index contributed by atoms with van der Waals surface area (Å²) in [4.78, 5) is 9.27. The van der Waals surface area contributed by atoms with Crippen LogP contribution in [0.25, 0.3) is 0 Å². The van der Waals surface area contributed by atoms with Crippen LogP contribution in [0.4, 0.5) is 19.0 Å². The number of nitrogens with zero attached hydrogens (tertiary/aromatic N) is 3. The Hall–Kier alpha value is -0.690. The molecular weight excluding hydrogens is 287 g/mol. The first-order valence-corrected chi connectivity index (χ1v) is 6.94. The molecule has 8 heteroatoms. The van der Waals surface area contributed by atoms with Crippen molar-refractivity contribution in [3.05, 3.63) is 11.2 Å². The van der Waals surface area contributed by atoms with Gasteiger partial charge in [0.05, 0.1) is 0 Å². The Morgan fingerprint density at radius 1 is 1.44 bits per heavy atom. The van der Waals surface area contributed by atoms with Gasteiger partial charge in [-0.1, -0.05) is 23.4 Å². The molecule has 0 N–H and O–H groups in total. The van der Waals surface area contributed by atoms with Gasteiger partial charge in [-0.2, -0.15) is 13.2 Å². The van der Waals surface area contributed by atoms with Crippen LogP contribution in [0.15, 0.2) is 11.2 Å². The molecule has 1 saturated heterocycles. The van der Waals surface area contributed by atoms with Crippen molar-refractivity contribution in [2.75, 3.05) is 17.7 Å². The molecule has 0 bridgehead atoms. The highest BCUT2D eigenvalue weighted by Gasteiger charge is 2.46. The van der Waals surface area contributed by atoms with E-state index in [1.807, 2.05) is 0 Å². The molecule has 0 saturated carbocycles. The molecule has 2 heterocycles. The van der Waals surface area contributed by atoms with Crippen LogP contribution in [-0.4, -0.2) is 35.0 Å². The summed E-state index contributed by atoms with van der Waals surface area (Å²) in [6.07, 6.45) is -1.89. The summed E-state index contributed by atoms with van der Waals surface area (Å²) in [6.45, 7) is 0.339. The van der Waals surface area contributed by atoms with Gasteiger partial charge in [0.1, 0.15) is 17.0 Å². The fourth-order valence-corrected chi connectivity index (χ4v) is 2.61. The Morgan fingerprint density at radius 2 is 2.17 bits per heavy atom. The molecule has 100 valence electrons. The fraction of sp³-hybridized carbons (Fsp3) is 0.600. The zero-order valence-electron chi connectivity index (χ0n) is 9.54. The molecule has 2 rings (SSSR count). The van der Waals surface area contributed by atoms with Gasteiger partial charge in [-0.25, -0.2) is 9.97 Å². The normalized spacial score (nSPS) is 20.5. The molecule has 1 fully saturated rings. The summed E-state index contributed by atoms with van der Waals surface area (Å²) in [7, 11) is 0. The minimum Gasteiger partial charge on any atom is -0.344 e. The van der Waals surface area contributed by atoms with Crippen molar-refractivity contribution < 1.29 is 13.2 Å². The summed E-state index contributed by atoms with van der Waals surface area (Å²) in [6, 6.07) is -0.0936. The van der Waals surface area contributed by atoms with Crippen molar-refractivity contribution in [1.29, 1.82) is 0 Å². The Kier molecular flexibility index (Phi) is 3.91. The van der Waals surface area contributed by atoms with Gasteiger partial charge >= 0.3 is 6.18 Å². The Balaban J connectivity index is 2.33. The molecule has 1 aromatic heterocycles. The maximum Gasteiger partial charge on any atom is 0.408 e. The summed E-state index contributed by atoms with van der Waals surface area (Å²) in [5.74, 6) is 0.249. The lowest BCUT2D eigenvalue weighted by Crippen LogP contribution is -2.41. The maximum atomic E-state index is 12.9. The molecule has 0 spiro atoms. The zero-order valence-corrected chi connectivity index (χ0v) is 11.1. The van der Waals surface area contributed by atoms with Crippen molar-refractivity contribution in [2.24, 2.45) is 0 Å². The third-order valence-corrected chi connectivity index (χ3v) is 3.51. The first kappa shape index (κ1) is 13.7. The quantitative estimate of drug-likeness (QED) is 0.475. The number of alkyl halides is 3. The molecule has 0 radical (unpaired) electrons. The lowest BCUT2D eigenvalue weighted by atomic mass is 10.2. The van der Waals surface area contributed by atoms with Crippen LogP contribution in [-0.2, 0) is 0 Å². The van der Waals surface area contributed by atoms with Crippen LogP contribution in [0.2, 0.25) is 5.15 Å². The molecule has 0 aliphatic carbocycles. The summed E-state index contributed by atoms with van der Waals surface area (Å²) < 4.78 is 38.6. The minimum absolute atomic E-state index is 0.0969. The maximum absolute atomic E-state index is 12.9. The van der Waals surface area contributed by atoms with Crippen molar-refractivity contribution in [1.82, 2.24) is 9.97 Å². The van der Waals surface area contributed by atoms with Gasteiger partial charge in [0.25, 0.3) is 0 Å². The molecule has 1 aliphatic heterocycles. The lowest BCUT2D eigenvalue weighted by Gasteiger charge is -2.27. The fourth-order valence-electron chi connectivity index (χ4n) is 2.01. The molecular formula is C10H11ClF3N3S. The molecule has 1 aromatic rings. The predicted octanol–water partition coefficient (Wildman–Crippen LogP) is 3.38. The molecule has 1 unspecified atom stereocenters. The lowest BCUT2D eigenvalue weighted by molar-refractivity contribution is -0.146. The number of halogens is 4. The Bertz CT molecular complexity index is 441.